The van der Waals surface area contributed by atoms with E-state index in [2.05, 4.69) is 23.6 Å². The van der Waals surface area contributed by atoms with Crippen LogP contribution in [-0.2, 0) is 0 Å². The summed E-state index contributed by atoms with van der Waals surface area (Å²) in [6.07, 6.45) is 3.53. The Morgan fingerprint density at radius 3 is 2.11 bits per heavy atom. The molecular formula is C6H9BN2. The van der Waals surface area contributed by atoms with Crippen molar-refractivity contribution in [3.63, 3.8) is 0 Å². The maximum atomic E-state index is 4.07. The first kappa shape index (κ1) is 6.27. The first-order chi connectivity index (χ1) is 4.30. The van der Waals surface area contributed by atoms with Crippen LogP contribution in [0.4, 0.5) is 0 Å². The minimum atomic E-state index is 0.436. The van der Waals surface area contributed by atoms with Gasteiger partial charge in [0.15, 0.2) is 0 Å². The van der Waals surface area contributed by atoms with E-state index in [1.807, 2.05) is 6.07 Å². The van der Waals surface area contributed by atoms with E-state index in [4.69, 9.17) is 0 Å². The summed E-state index contributed by atoms with van der Waals surface area (Å²) < 4.78 is 0. The van der Waals surface area contributed by atoms with Gasteiger partial charge in [-0.05, 0) is 6.07 Å². The number of rotatable bonds is 1. The third kappa shape index (κ3) is 1.52. The Kier molecular flexibility index (Phi) is 1.83. The minimum absolute atomic E-state index is 0.436. The maximum Gasteiger partial charge on any atom is 0.219 e. The first-order valence-electron chi connectivity index (χ1n) is 3.07. The smallest absolute Gasteiger partial charge is 0.219 e. The summed E-state index contributed by atoms with van der Waals surface area (Å²) in [5, 5.41) is 0. The van der Waals surface area contributed by atoms with Crippen molar-refractivity contribution in [2.24, 2.45) is 0 Å². The van der Waals surface area contributed by atoms with Crippen LogP contribution in [0.25, 0.3) is 0 Å². The molecule has 1 heterocycles. The van der Waals surface area contributed by atoms with Crippen LogP contribution in [0.3, 0.4) is 0 Å². The molecule has 1 aromatic rings. The summed E-state index contributed by atoms with van der Waals surface area (Å²) in [6, 6.07) is 1.83. The molecule has 0 unspecified atom stereocenters. The van der Waals surface area contributed by atoms with Gasteiger partial charge in [0.1, 0.15) is 0 Å². The van der Waals surface area contributed by atoms with Crippen molar-refractivity contribution >= 4 is 12.4 Å². The molecule has 0 aliphatic heterocycles. The molecule has 0 bridgehead atoms. The van der Waals surface area contributed by atoms with Crippen molar-refractivity contribution in [1.29, 1.82) is 0 Å². The van der Waals surface area contributed by atoms with Gasteiger partial charge < -0.3 is 0 Å². The average molecular weight is 120 g/mol. The highest BCUT2D eigenvalue weighted by atomic mass is 14.8. The van der Waals surface area contributed by atoms with Gasteiger partial charge in [-0.1, -0.05) is 13.6 Å². The normalized spacial score (nSPS) is 9.11. The van der Waals surface area contributed by atoms with Crippen molar-refractivity contribution in [2.45, 2.75) is 13.6 Å². The molecule has 0 atom stereocenters. The van der Waals surface area contributed by atoms with Gasteiger partial charge in [-0.15, -0.1) is 0 Å². The fourth-order valence-electron chi connectivity index (χ4n) is 0.609. The second-order valence-electron chi connectivity index (χ2n) is 2.26. The van der Waals surface area contributed by atoms with Gasteiger partial charge in [-0.2, -0.15) is 0 Å². The molecule has 0 aliphatic rings. The maximum absolute atomic E-state index is 4.07. The fourth-order valence-corrected chi connectivity index (χ4v) is 0.609. The quantitative estimate of drug-likeness (QED) is 0.502. The lowest BCUT2D eigenvalue weighted by molar-refractivity contribution is 1.23. The van der Waals surface area contributed by atoms with E-state index in [1.165, 1.54) is 0 Å². The molecule has 0 aromatic carbocycles. The Labute approximate surface area is 55.4 Å². The summed E-state index contributed by atoms with van der Waals surface area (Å²) in [5.41, 5.74) is 0.914. The highest BCUT2D eigenvalue weighted by molar-refractivity contribution is 6.69. The summed E-state index contributed by atoms with van der Waals surface area (Å²) in [7, 11) is 0. The highest BCUT2D eigenvalue weighted by Crippen LogP contribution is 1.76. The number of hydrogen-bond donors (Lipinski definition) is 0. The Morgan fingerprint density at radius 1 is 1.22 bits per heavy atom. The predicted octanol–water partition coefficient (Wildman–Crippen LogP) is 0.438. The Hall–Kier alpha value is -0.855. The van der Waals surface area contributed by atoms with Gasteiger partial charge in [0, 0.05) is 12.4 Å². The molecule has 0 spiro atoms. The highest BCUT2D eigenvalue weighted by Gasteiger charge is 2.02. The Bertz CT molecular complexity index is 174. The third-order valence-electron chi connectivity index (χ3n) is 1.10. The molecule has 0 radical (unpaired) electrons. The van der Waals surface area contributed by atoms with Crippen LogP contribution in [0.1, 0.15) is 0 Å². The van der Waals surface area contributed by atoms with Crippen LogP contribution in [0.2, 0.25) is 13.6 Å². The fraction of sp³-hybridized carbons (Fsp3) is 0.333. The van der Waals surface area contributed by atoms with Crippen LogP contribution in [-0.4, -0.2) is 16.7 Å². The second kappa shape index (κ2) is 2.62. The third-order valence-corrected chi connectivity index (χ3v) is 1.10. The largest absolute Gasteiger partial charge is 0.252 e. The van der Waals surface area contributed by atoms with Crippen molar-refractivity contribution < 1.29 is 0 Å². The average Bonchev–Trinajstić information content (AvgIpc) is 1.90. The standard InChI is InChI=1S/C6H9BN2/c1-7(2)6-8-4-3-5-9-6/h3-5H,1-2H3. The van der Waals surface area contributed by atoms with Crippen LogP contribution >= 0.6 is 0 Å². The minimum Gasteiger partial charge on any atom is -0.252 e. The summed E-state index contributed by atoms with van der Waals surface area (Å²) in [4.78, 5) is 8.13. The van der Waals surface area contributed by atoms with Crippen LogP contribution < -0.4 is 5.72 Å². The van der Waals surface area contributed by atoms with Crippen molar-refractivity contribution in [2.75, 3.05) is 0 Å². The van der Waals surface area contributed by atoms with E-state index in [9.17, 15) is 0 Å². The van der Waals surface area contributed by atoms with Crippen molar-refractivity contribution in [3.8, 4) is 0 Å². The van der Waals surface area contributed by atoms with Gasteiger partial charge in [0.05, 0.1) is 5.72 Å². The second-order valence-corrected chi connectivity index (χ2v) is 2.26. The van der Waals surface area contributed by atoms with Crippen LogP contribution in [0, 0.1) is 0 Å². The van der Waals surface area contributed by atoms with Gasteiger partial charge in [0.2, 0.25) is 6.71 Å². The number of aromatic nitrogens is 2. The van der Waals surface area contributed by atoms with E-state index in [0.29, 0.717) is 6.71 Å². The predicted molar refractivity (Wildman–Crippen MR) is 39.1 cm³/mol. The molecule has 0 N–H and O–H groups in total. The zero-order valence-corrected chi connectivity index (χ0v) is 5.70. The van der Waals surface area contributed by atoms with Crippen molar-refractivity contribution in [3.05, 3.63) is 18.5 Å². The molecule has 2 nitrogen and oxygen atoms in total. The van der Waals surface area contributed by atoms with E-state index in [1.54, 1.807) is 12.4 Å². The molecule has 0 aliphatic carbocycles. The Morgan fingerprint density at radius 2 is 1.78 bits per heavy atom. The lowest BCUT2D eigenvalue weighted by Crippen LogP contribution is -2.28. The summed E-state index contributed by atoms with van der Waals surface area (Å²) >= 11 is 0. The first-order valence-corrected chi connectivity index (χ1v) is 3.07. The Balaban J connectivity index is 2.85. The van der Waals surface area contributed by atoms with Gasteiger partial charge in [-0.3, -0.25) is 9.97 Å². The topological polar surface area (TPSA) is 25.8 Å². The molecule has 0 amide bonds. The van der Waals surface area contributed by atoms with Crippen LogP contribution in [0.15, 0.2) is 18.5 Å². The molecule has 1 rings (SSSR count). The molecule has 0 fully saturated rings. The summed E-state index contributed by atoms with van der Waals surface area (Å²) in [6.45, 7) is 4.59. The van der Waals surface area contributed by atoms with E-state index >= 15 is 0 Å². The molecule has 3 heteroatoms. The van der Waals surface area contributed by atoms with E-state index < -0.39 is 0 Å². The summed E-state index contributed by atoms with van der Waals surface area (Å²) in [5.74, 6) is 0. The molecule has 1 aromatic heterocycles. The van der Waals surface area contributed by atoms with E-state index in [-0.39, 0.29) is 0 Å². The zero-order valence-electron chi connectivity index (χ0n) is 5.70. The number of nitrogens with zero attached hydrogens (tertiary/aromatic N) is 2. The zero-order chi connectivity index (χ0) is 6.69. The van der Waals surface area contributed by atoms with Gasteiger partial charge >= 0.3 is 0 Å². The molecule has 0 saturated heterocycles. The lowest BCUT2D eigenvalue weighted by Gasteiger charge is -1.95. The molecule has 9 heavy (non-hydrogen) atoms. The molecular weight excluding hydrogens is 111 g/mol. The molecule has 0 saturated carbocycles. The van der Waals surface area contributed by atoms with Crippen LogP contribution in [0.5, 0.6) is 0 Å². The van der Waals surface area contributed by atoms with Crippen molar-refractivity contribution in [1.82, 2.24) is 9.97 Å². The van der Waals surface area contributed by atoms with Gasteiger partial charge in [0.25, 0.3) is 0 Å². The van der Waals surface area contributed by atoms with E-state index in [0.717, 1.165) is 5.72 Å². The molecule has 46 valence electrons. The number of hydrogen-bond acceptors (Lipinski definition) is 2. The van der Waals surface area contributed by atoms with Gasteiger partial charge in [-0.25, -0.2) is 0 Å². The SMILES string of the molecule is CB(C)c1ncccn1. The monoisotopic (exact) mass is 120 g/mol. The lowest BCUT2D eigenvalue weighted by atomic mass is 9.54.